The second kappa shape index (κ2) is 5.89. The van der Waals surface area contributed by atoms with Crippen molar-refractivity contribution in [1.82, 2.24) is 0 Å². The van der Waals surface area contributed by atoms with Crippen molar-refractivity contribution in [1.29, 1.82) is 0 Å². The third kappa shape index (κ3) is 3.04. The summed E-state index contributed by atoms with van der Waals surface area (Å²) < 4.78 is 0.919. The average molecular weight is 386 g/mol. The number of hydroxylamine groups is 1. The predicted molar refractivity (Wildman–Crippen MR) is 90.3 cm³/mol. The van der Waals surface area contributed by atoms with Crippen LogP contribution in [0, 0.1) is 0 Å². The zero-order valence-corrected chi connectivity index (χ0v) is 13.9. The number of hydrogen-bond acceptors (Lipinski definition) is 3. The monoisotopic (exact) mass is 384 g/mol. The normalized spacial score (nSPS) is 13.7. The summed E-state index contributed by atoms with van der Waals surface area (Å²) in [6.07, 6.45) is 2.30. The Balaban J connectivity index is 1.89. The van der Waals surface area contributed by atoms with E-state index < -0.39 is 0 Å². The quantitative estimate of drug-likeness (QED) is 0.720. The molecule has 21 heavy (non-hydrogen) atoms. The molecule has 2 aromatic rings. The van der Waals surface area contributed by atoms with Gasteiger partial charge in [0, 0.05) is 16.6 Å². The first-order valence-corrected chi connectivity index (χ1v) is 7.78. The number of nitrogens with zero attached hydrogens (tertiary/aromatic N) is 1. The van der Waals surface area contributed by atoms with Gasteiger partial charge >= 0.3 is 0 Å². The zero-order valence-electron chi connectivity index (χ0n) is 10.8. The molecule has 108 valence electrons. The molecule has 3 rings (SSSR count). The summed E-state index contributed by atoms with van der Waals surface area (Å²) in [4.78, 5) is 0. The molecule has 6 heteroatoms. The SMILES string of the molecule is ON1C=C(Nc2cccc(Cl)c2Cl)Cc2ccc(Br)cc21. The first-order valence-electron chi connectivity index (χ1n) is 6.23. The van der Waals surface area contributed by atoms with E-state index in [4.69, 9.17) is 23.2 Å². The molecule has 0 aliphatic carbocycles. The molecule has 0 saturated heterocycles. The molecule has 2 aromatic carbocycles. The molecule has 0 aromatic heterocycles. The number of anilines is 2. The fourth-order valence-electron chi connectivity index (χ4n) is 2.22. The highest BCUT2D eigenvalue weighted by molar-refractivity contribution is 9.10. The highest BCUT2D eigenvalue weighted by atomic mass is 79.9. The molecule has 0 amide bonds. The number of halogens is 3. The van der Waals surface area contributed by atoms with Crippen LogP contribution < -0.4 is 10.4 Å². The van der Waals surface area contributed by atoms with Crippen molar-refractivity contribution in [2.24, 2.45) is 0 Å². The molecule has 0 unspecified atom stereocenters. The van der Waals surface area contributed by atoms with Crippen molar-refractivity contribution in [3.05, 3.63) is 68.4 Å². The third-order valence-electron chi connectivity index (χ3n) is 3.20. The Hall–Kier alpha value is -1.20. The molecular weight excluding hydrogens is 375 g/mol. The van der Waals surface area contributed by atoms with E-state index in [2.05, 4.69) is 21.2 Å². The maximum absolute atomic E-state index is 10.1. The van der Waals surface area contributed by atoms with Gasteiger partial charge in [-0.05, 0) is 29.8 Å². The lowest BCUT2D eigenvalue weighted by Gasteiger charge is -2.25. The van der Waals surface area contributed by atoms with E-state index in [9.17, 15) is 5.21 Å². The lowest BCUT2D eigenvalue weighted by atomic mass is 10.0. The standard InChI is InChI=1S/C15H11BrCl2N2O/c16-10-5-4-9-6-11(8-20(21)14(9)7-10)19-13-3-1-2-12(17)15(13)18/h1-5,7-8,19,21H,6H2. The lowest BCUT2D eigenvalue weighted by molar-refractivity contribution is 0.292. The van der Waals surface area contributed by atoms with Gasteiger partial charge in [-0.3, -0.25) is 5.21 Å². The van der Waals surface area contributed by atoms with Crippen molar-refractivity contribution in [3.8, 4) is 0 Å². The smallest absolute Gasteiger partial charge is 0.0826 e. The minimum atomic E-state index is 0.464. The van der Waals surface area contributed by atoms with Crippen molar-refractivity contribution in [3.63, 3.8) is 0 Å². The van der Waals surface area contributed by atoms with Crippen LogP contribution in [0.5, 0.6) is 0 Å². The van der Waals surface area contributed by atoms with Crippen LogP contribution in [0.1, 0.15) is 5.56 Å². The summed E-state index contributed by atoms with van der Waals surface area (Å²) in [5.74, 6) is 0. The van der Waals surface area contributed by atoms with Crippen LogP contribution in [-0.4, -0.2) is 5.21 Å². The van der Waals surface area contributed by atoms with Crippen molar-refractivity contribution in [2.45, 2.75) is 6.42 Å². The van der Waals surface area contributed by atoms with Gasteiger partial charge in [-0.25, -0.2) is 5.06 Å². The van der Waals surface area contributed by atoms with Crippen LogP contribution in [0.2, 0.25) is 10.0 Å². The van der Waals surface area contributed by atoms with E-state index in [0.717, 1.165) is 26.5 Å². The number of rotatable bonds is 2. The van der Waals surface area contributed by atoms with E-state index in [1.54, 1.807) is 12.3 Å². The van der Waals surface area contributed by atoms with Crippen LogP contribution in [0.15, 0.2) is 52.8 Å². The fraction of sp³-hybridized carbons (Fsp3) is 0.0667. The molecule has 0 fully saturated rings. The van der Waals surface area contributed by atoms with Gasteiger partial charge in [-0.1, -0.05) is 51.3 Å². The Morgan fingerprint density at radius 2 is 2.00 bits per heavy atom. The van der Waals surface area contributed by atoms with E-state index in [1.165, 1.54) is 0 Å². The summed E-state index contributed by atoms with van der Waals surface area (Å²) >= 11 is 15.6. The Bertz CT molecular complexity index is 734. The number of hydrogen-bond donors (Lipinski definition) is 2. The van der Waals surface area contributed by atoms with Gasteiger partial charge in [0.1, 0.15) is 0 Å². The van der Waals surface area contributed by atoms with Crippen LogP contribution in [0.3, 0.4) is 0 Å². The minimum absolute atomic E-state index is 0.464. The minimum Gasteiger partial charge on any atom is -0.356 e. The summed E-state index contributed by atoms with van der Waals surface area (Å²) in [6.45, 7) is 0. The van der Waals surface area contributed by atoms with Gasteiger partial charge < -0.3 is 5.32 Å². The summed E-state index contributed by atoms with van der Waals surface area (Å²) in [6, 6.07) is 11.2. The van der Waals surface area contributed by atoms with Gasteiger partial charge in [0.15, 0.2) is 0 Å². The topological polar surface area (TPSA) is 35.5 Å². The summed E-state index contributed by atoms with van der Waals surface area (Å²) in [5.41, 5.74) is 3.32. The van der Waals surface area contributed by atoms with Gasteiger partial charge in [0.2, 0.25) is 0 Å². The first kappa shape index (κ1) is 14.7. The Kier molecular flexibility index (Phi) is 4.13. The van der Waals surface area contributed by atoms with E-state index in [1.807, 2.05) is 30.3 Å². The summed E-state index contributed by atoms with van der Waals surface area (Å²) in [5, 5.41) is 15.4. The maximum Gasteiger partial charge on any atom is 0.0826 e. The number of allylic oxidation sites excluding steroid dienone is 1. The Morgan fingerprint density at radius 3 is 2.81 bits per heavy atom. The molecule has 0 atom stereocenters. The van der Waals surface area contributed by atoms with Crippen molar-refractivity contribution < 1.29 is 5.21 Å². The molecule has 1 aliphatic rings. The predicted octanol–water partition coefficient (Wildman–Crippen LogP) is 5.46. The molecule has 0 saturated carbocycles. The molecule has 2 N–H and O–H groups in total. The lowest BCUT2D eigenvalue weighted by Crippen LogP contribution is -2.21. The van der Waals surface area contributed by atoms with Gasteiger partial charge in [-0.2, -0.15) is 0 Å². The van der Waals surface area contributed by atoms with Crippen LogP contribution >= 0.6 is 39.1 Å². The van der Waals surface area contributed by atoms with Gasteiger partial charge in [0.05, 0.1) is 27.6 Å². The second-order valence-electron chi connectivity index (χ2n) is 4.68. The second-order valence-corrected chi connectivity index (χ2v) is 6.38. The van der Waals surface area contributed by atoms with Crippen LogP contribution in [0.25, 0.3) is 0 Å². The Labute approximate surface area is 140 Å². The van der Waals surface area contributed by atoms with Gasteiger partial charge in [-0.15, -0.1) is 0 Å². The molecule has 0 bridgehead atoms. The van der Waals surface area contributed by atoms with Crippen LogP contribution in [0.4, 0.5) is 11.4 Å². The van der Waals surface area contributed by atoms with E-state index in [0.29, 0.717) is 22.2 Å². The molecular formula is C15H11BrCl2N2O. The van der Waals surface area contributed by atoms with E-state index >= 15 is 0 Å². The van der Waals surface area contributed by atoms with Gasteiger partial charge in [0.25, 0.3) is 0 Å². The maximum atomic E-state index is 10.1. The summed E-state index contributed by atoms with van der Waals surface area (Å²) in [7, 11) is 0. The largest absolute Gasteiger partial charge is 0.356 e. The Morgan fingerprint density at radius 1 is 1.19 bits per heavy atom. The molecule has 0 spiro atoms. The number of fused-ring (bicyclic) bond motifs is 1. The number of nitrogens with one attached hydrogen (secondary N) is 1. The fourth-order valence-corrected chi connectivity index (χ4v) is 2.91. The molecule has 3 nitrogen and oxygen atoms in total. The first-order chi connectivity index (χ1) is 10.0. The third-order valence-corrected chi connectivity index (χ3v) is 4.51. The zero-order chi connectivity index (χ0) is 15.0. The van der Waals surface area contributed by atoms with E-state index in [-0.39, 0.29) is 0 Å². The average Bonchev–Trinajstić information content (AvgIpc) is 2.45. The highest BCUT2D eigenvalue weighted by Crippen LogP contribution is 2.34. The highest BCUT2D eigenvalue weighted by Gasteiger charge is 2.17. The molecule has 1 aliphatic heterocycles. The van der Waals surface area contributed by atoms with Crippen molar-refractivity contribution >= 4 is 50.5 Å². The van der Waals surface area contributed by atoms with Crippen molar-refractivity contribution in [2.75, 3.05) is 10.4 Å². The van der Waals surface area contributed by atoms with Crippen LogP contribution in [-0.2, 0) is 6.42 Å². The number of benzene rings is 2. The molecule has 1 heterocycles. The molecule has 0 radical (unpaired) electrons.